The van der Waals surface area contributed by atoms with Crippen LogP contribution in [0.2, 0.25) is 0 Å². The van der Waals surface area contributed by atoms with Crippen LogP contribution in [0.4, 0.5) is 5.69 Å². The molecule has 0 bridgehead atoms. The third-order valence-electron chi connectivity index (χ3n) is 3.63. The molecule has 0 radical (unpaired) electrons. The van der Waals surface area contributed by atoms with Crippen LogP contribution in [0, 0.1) is 5.92 Å². The predicted molar refractivity (Wildman–Crippen MR) is 76.8 cm³/mol. The summed E-state index contributed by atoms with van der Waals surface area (Å²) >= 11 is 3.44. The van der Waals surface area contributed by atoms with Gasteiger partial charge in [-0.2, -0.15) is 0 Å². The lowest BCUT2D eigenvalue weighted by molar-refractivity contribution is 0.199. The maximum atomic E-state index is 5.92. The second-order valence-corrected chi connectivity index (χ2v) is 6.13. The van der Waals surface area contributed by atoms with Gasteiger partial charge in [-0.25, -0.2) is 0 Å². The Bertz CT molecular complexity index is 390. The van der Waals surface area contributed by atoms with E-state index in [9.17, 15) is 0 Å². The fourth-order valence-corrected chi connectivity index (χ4v) is 2.98. The normalized spacial score (nSPS) is 21.3. The Hall–Kier alpha value is -0.540. The Balaban J connectivity index is 2.07. The van der Waals surface area contributed by atoms with Crippen molar-refractivity contribution in [2.75, 3.05) is 12.3 Å². The molecule has 2 rings (SSSR count). The van der Waals surface area contributed by atoms with Crippen molar-refractivity contribution >= 4 is 21.6 Å². The van der Waals surface area contributed by atoms with E-state index in [4.69, 9.17) is 5.73 Å². The van der Waals surface area contributed by atoms with Crippen LogP contribution >= 0.6 is 15.9 Å². The standard InChI is InChI=1S/C14H21BrN2/c1-10(2)14-4-3-7-17(14)9-11-5-6-12(15)13(16)8-11/h5-6,8,10,14H,3-4,7,9,16H2,1-2H3. The highest BCUT2D eigenvalue weighted by atomic mass is 79.9. The summed E-state index contributed by atoms with van der Waals surface area (Å²) in [5.41, 5.74) is 8.08. The summed E-state index contributed by atoms with van der Waals surface area (Å²) in [5.74, 6) is 0.741. The quantitative estimate of drug-likeness (QED) is 0.863. The highest BCUT2D eigenvalue weighted by Crippen LogP contribution is 2.27. The molecule has 0 aliphatic carbocycles. The zero-order valence-corrected chi connectivity index (χ0v) is 12.2. The van der Waals surface area contributed by atoms with E-state index in [1.54, 1.807) is 0 Å². The van der Waals surface area contributed by atoms with Gasteiger partial charge in [0.05, 0.1) is 0 Å². The smallest absolute Gasteiger partial charge is 0.0461 e. The van der Waals surface area contributed by atoms with Gasteiger partial charge in [0.15, 0.2) is 0 Å². The number of nitrogen functional groups attached to an aromatic ring is 1. The molecule has 1 heterocycles. The van der Waals surface area contributed by atoms with E-state index in [1.807, 2.05) is 6.07 Å². The van der Waals surface area contributed by atoms with Crippen molar-refractivity contribution in [3.05, 3.63) is 28.2 Å². The number of likely N-dealkylation sites (tertiary alicyclic amines) is 1. The Kier molecular flexibility index (Phi) is 4.10. The number of hydrogen-bond donors (Lipinski definition) is 1. The van der Waals surface area contributed by atoms with Gasteiger partial charge in [0.2, 0.25) is 0 Å². The van der Waals surface area contributed by atoms with Crippen molar-refractivity contribution in [2.45, 2.75) is 39.3 Å². The largest absolute Gasteiger partial charge is 0.398 e. The molecule has 1 saturated heterocycles. The Morgan fingerprint density at radius 2 is 2.24 bits per heavy atom. The molecule has 2 N–H and O–H groups in total. The minimum absolute atomic E-state index is 0.736. The van der Waals surface area contributed by atoms with Gasteiger partial charge in [0, 0.05) is 22.7 Å². The Morgan fingerprint density at radius 3 is 2.88 bits per heavy atom. The fourth-order valence-electron chi connectivity index (χ4n) is 2.73. The van der Waals surface area contributed by atoms with E-state index in [2.05, 4.69) is 46.8 Å². The van der Waals surface area contributed by atoms with Gasteiger partial charge in [0.25, 0.3) is 0 Å². The van der Waals surface area contributed by atoms with Crippen LogP contribution in [0.25, 0.3) is 0 Å². The summed E-state index contributed by atoms with van der Waals surface area (Å²) in [7, 11) is 0. The topological polar surface area (TPSA) is 29.3 Å². The predicted octanol–water partition coefficient (Wildman–Crippen LogP) is 3.65. The lowest BCUT2D eigenvalue weighted by Crippen LogP contribution is -2.32. The fraction of sp³-hybridized carbons (Fsp3) is 0.571. The van der Waals surface area contributed by atoms with E-state index in [0.717, 1.165) is 28.7 Å². The second-order valence-electron chi connectivity index (χ2n) is 5.28. The molecular formula is C14H21BrN2. The molecule has 94 valence electrons. The lowest BCUT2D eigenvalue weighted by Gasteiger charge is -2.27. The molecule has 1 aromatic rings. The van der Waals surface area contributed by atoms with E-state index in [-0.39, 0.29) is 0 Å². The van der Waals surface area contributed by atoms with Gasteiger partial charge < -0.3 is 5.73 Å². The summed E-state index contributed by atoms with van der Waals surface area (Å²) < 4.78 is 0.989. The number of rotatable bonds is 3. The minimum atomic E-state index is 0.736. The van der Waals surface area contributed by atoms with Crippen LogP contribution in [0.15, 0.2) is 22.7 Å². The van der Waals surface area contributed by atoms with Crippen LogP contribution in [0.5, 0.6) is 0 Å². The summed E-state index contributed by atoms with van der Waals surface area (Å²) in [5, 5.41) is 0. The molecule has 1 aliphatic rings. The van der Waals surface area contributed by atoms with Crippen molar-refractivity contribution in [3.8, 4) is 0 Å². The van der Waals surface area contributed by atoms with Gasteiger partial charge in [-0.3, -0.25) is 4.90 Å². The number of benzene rings is 1. The monoisotopic (exact) mass is 296 g/mol. The molecule has 1 aromatic carbocycles. The van der Waals surface area contributed by atoms with Gasteiger partial charge in [-0.15, -0.1) is 0 Å². The molecule has 3 heteroatoms. The summed E-state index contributed by atoms with van der Waals surface area (Å²) in [6.45, 7) is 6.89. The first kappa shape index (κ1) is 12.9. The second kappa shape index (κ2) is 5.40. The van der Waals surface area contributed by atoms with Crippen LogP contribution in [0.1, 0.15) is 32.3 Å². The van der Waals surface area contributed by atoms with Crippen LogP contribution in [-0.4, -0.2) is 17.5 Å². The molecular weight excluding hydrogens is 276 g/mol. The molecule has 17 heavy (non-hydrogen) atoms. The molecule has 1 unspecified atom stereocenters. The third kappa shape index (κ3) is 3.02. The SMILES string of the molecule is CC(C)C1CCCN1Cc1ccc(Br)c(N)c1. The Labute approximate surface area is 112 Å². The molecule has 1 aliphatic heterocycles. The molecule has 0 aromatic heterocycles. The highest BCUT2D eigenvalue weighted by molar-refractivity contribution is 9.10. The zero-order chi connectivity index (χ0) is 12.4. The van der Waals surface area contributed by atoms with Gasteiger partial charge in [-0.1, -0.05) is 19.9 Å². The first-order valence-corrected chi connectivity index (χ1v) is 7.15. The molecule has 2 nitrogen and oxygen atoms in total. The number of halogens is 1. The Morgan fingerprint density at radius 1 is 1.47 bits per heavy atom. The van der Waals surface area contributed by atoms with Crippen LogP contribution < -0.4 is 5.73 Å². The number of anilines is 1. The molecule has 0 spiro atoms. The average Bonchev–Trinajstić information content (AvgIpc) is 2.72. The maximum absolute atomic E-state index is 5.92. The summed E-state index contributed by atoms with van der Waals surface area (Å²) in [6.07, 6.45) is 2.67. The average molecular weight is 297 g/mol. The maximum Gasteiger partial charge on any atom is 0.0461 e. The van der Waals surface area contributed by atoms with E-state index in [1.165, 1.54) is 24.9 Å². The van der Waals surface area contributed by atoms with Crippen LogP contribution in [0.3, 0.4) is 0 Å². The number of nitrogens with two attached hydrogens (primary N) is 1. The lowest BCUT2D eigenvalue weighted by atomic mass is 10.0. The summed E-state index contributed by atoms with van der Waals surface area (Å²) in [4.78, 5) is 2.59. The first-order valence-electron chi connectivity index (χ1n) is 6.36. The van der Waals surface area contributed by atoms with Crippen molar-refractivity contribution in [1.29, 1.82) is 0 Å². The van der Waals surface area contributed by atoms with Crippen molar-refractivity contribution < 1.29 is 0 Å². The zero-order valence-electron chi connectivity index (χ0n) is 10.6. The summed E-state index contributed by atoms with van der Waals surface area (Å²) in [6, 6.07) is 7.03. The highest BCUT2D eigenvalue weighted by Gasteiger charge is 2.26. The molecule has 1 fully saturated rings. The van der Waals surface area contributed by atoms with Gasteiger partial charge >= 0.3 is 0 Å². The number of hydrogen-bond acceptors (Lipinski definition) is 2. The molecule has 0 saturated carbocycles. The third-order valence-corrected chi connectivity index (χ3v) is 4.35. The number of nitrogens with zero attached hydrogens (tertiary/aromatic N) is 1. The van der Waals surface area contributed by atoms with Gasteiger partial charge in [-0.05, 0) is 58.9 Å². The van der Waals surface area contributed by atoms with Gasteiger partial charge in [0.1, 0.15) is 0 Å². The van der Waals surface area contributed by atoms with Crippen molar-refractivity contribution in [2.24, 2.45) is 5.92 Å². The van der Waals surface area contributed by atoms with Crippen LogP contribution in [-0.2, 0) is 6.54 Å². The first-order chi connectivity index (χ1) is 8.08. The van der Waals surface area contributed by atoms with Crippen molar-refractivity contribution in [1.82, 2.24) is 4.90 Å². The van der Waals surface area contributed by atoms with E-state index in [0.29, 0.717) is 0 Å². The van der Waals surface area contributed by atoms with E-state index >= 15 is 0 Å². The molecule has 1 atom stereocenters. The van der Waals surface area contributed by atoms with E-state index < -0.39 is 0 Å². The minimum Gasteiger partial charge on any atom is -0.398 e. The molecule has 0 amide bonds. The van der Waals surface area contributed by atoms with Crippen molar-refractivity contribution in [3.63, 3.8) is 0 Å².